The van der Waals surface area contributed by atoms with Gasteiger partial charge < -0.3 is 5.73 Å². The van der Waals surface area contributed by atoms with E-state index >= 15 is 0 Å². The predicted molar refractivity (Wildman–Crippen MR) is 83.2 cm³/mol. The predicted octanol–water partition coefficient (Wildman–Crippen LogP) is 1.86. The summed E-state index contributed by atoms with van der Waals surface area (Å²) in [6.07, 6.45) is 0. The molecule has 1 aromatic carbocycles. The molecule has 0 radical (unpaired) electrons. The summed E-state index contributed by atoms with van der Waals surface area (Å²) >= 11 is 0. The summed E-state index contributed by atoms with van der Waals surface area (Å²) in [5.74, 6) is 0. The van der Waals surface area contributed by atoms with Gasteiger partial charge in [0.15, 0.2) is 0 Å². The van der Waals surface area contributed by atoms with Crippen LogP contribution in [0.3, 0.4) is 0 Å². The smallest absolute Gasteiger partial charge is 0.243 e. The Morgan fingerprint density at radius 3 is 2.43 bits per heavy atom. The molecule has 0 fully saturated rings. The molecular formula is C15H23N3O2S. The topological polar surface area (TPSA) is 87.2 Å². The number of sulfonamides is 1. The first-order valence-corrected chi connectivity index (χ1v) is 8.33. The molecule has 0 heterocycles. The maximum absolute atomic E-state index is 12.7. The maximum Gasteiger partial charge on any atom is 0.243 e. The van der Waals surface area contributed by atoms with Gasteiger partial charge in [0.1, 0.15) is 0 Å². The summed E-state index contributed by atoms with van der Waals surface area (Å²) in [6.45, 7) is 8.57. The first kappa shape index (κ1) is 17.6. The molecule has 116 valence electrons. The largest absolute Gasteiger partial charge is 0.330 e. The van der Waals surface area contributed by atoms with Crippen molar-refractivity contribution in [1.29, 1.82) is 5.26 Å². The number of benzene rings is 1. The highest BCUT2D eigenvalue weighted by atomic mass is 32.2. The fraction of sp³-hybridized carbons (Fsp3) is 0.533. The van der Waals surface area contributed by atoms with Crippen LogP contribution in [0, 0.1) is 23.7 Å². The maximum atomic E-state index is 12.7. The third-order valence-corrected chi connectivity index (χ3v) is 5.38. The Labute approximate surface area is 127 Å². The minimum Gasteiger partial charge on any atom is -0.330 e. The quantitative estimate of drug-likeness (QED) is 0.869. The molecule has 0 aliphatic heterocycles. The Kier molecular flexibility index (Phi) is 5.51. The van der Waals surface area contributed by atoms with E-state index in [-0.39, 0.29) is 10.3 Å². The molecule has 6 heteroatoms. The zero-order valence-corrected chi connectivity index (χ0v) is 13.9. The highest BCUT2D eigenvalue weighted by Gasteiger charge is 2.29. The summed E-state index contributed by atoms with van der Waals surface area (Å²) in [5.41, 5.74) is 6.55. The van der Waals surface area contributed by atoms with Crippen LogP contribution in [-0.2, 0) is 10.0 Å². The van der Waals surface area contributed by atoms with Crippen molar-refractivity contribution < 1.29 is 8.42 Å². The van der Waals surface area contributed by atoms with Gasteiger partial charge in [-0.25, -0.2) is 8.42 Å². The van der Waals surface area contributed by atoms with Crippen molar-refractivity contribution in [3.63, 3.8) is 0 Å². The van der Waals surface area contributed by atoms with Crippen LogP contribution in [0.25, 0.3) is 0 Å². The number of hydrogen-bond acceptors (Lipinski definition) is 4. The van der Waals surface area contributed by atoms with Crippen LogP contribution in [0.15, 0.2) is 23.1 Å². The number of nitrogens with zero attached hydrogens (tertiary/aromatic N) is 2. The first-order chi connectivity index (χ1) is 9.67. The number of rotatable bonds is 6. The van der Waals surface area contributed by atoms with Crippen LogP contribution in [0.4, 0.5) is 0 Å². The second-order valence-electron chi connectivity index (χ2n) is 5.89. The highest BCUT2D eigenvalue weighted by molar-refractivity contribution is 7.89. The lowest BCUT2D eigenvalue weighted by Crippen LogP contribution is -2.41. The van der Waals surface area contributed by atoms with Crippen LogP contribution >= 0.6 is 0 Å². The fourth-order valence-electron chi connectivity index (χ4n) is 1.98. The molecule has 21 heavy (non-hydrogen) atoms. The van der Waals surface area contributed by atoms with E-state index in [1.165, 1.54) is 10.4 Å². The van der Waals surface area contributed by atoms with Crippen LogP contribution < -0.4 is 5.73 Å². The normalized spacial score (nSPS) is 12.4. The van der Waals surface area contributed by atoms with Crippen LogP contribution in [0.2, 0.25) is 0 Å². The molecule has 0 aliphatic rings. The fourth-order valence-corrected chi connectivity index (χ4v) is 3.70. The van der Waals surface area contributed by atoms with Gasteiger partial charge in [-0.2, -0.15) is 9.57 Å². The van der Waals surface area contributed by atoms with Crippen LogP contribution in [0.1, 0.15) is 31.9 Å². The van der Waals surface area contributed by atoms with Crippen LogP contribution in [-0.4, -0.2) is 32.4 Å². The van der Waals surface area contributed by atoms with Crippen molar-refractivity contribution in [2.75, 3.05) is 19.6 Å². The van der Waals surface area contributed by atoms with E-state index in [0.29, 0.717) is 30.8 Å². The van der Waals surface area contributed by atoms with Crippen molar-refractivity contribution in [2.45, 2.75) is 32.6 Å². The number of hydrogen-bond donors (Lipinski definition) is 1. The Balaban J connectivity index is 3.20. The second-order valence-corrected chi connectivity index (χ2v) is 7.83. The molecule has 0 aromatic heterocycles. The number of nitriles is 1. The third-order valence-electron chi connectivity index (χ3n) is 3.47. The van der Waals surface area contributed by atoms with Crippen molar-refractivity contribution in [3.05, 3.63) is 29.3 Å². The molecule has 0 bridgehead atoms. The van der Waals surface area contributed by atoms with E-state index in [9.17, 15) is 8.42 Å². The van der Waals surface area contributed by atoms with E-state index < -0.39 is 10.0 Å². The van der Waals surface area contributed by atoms with E-state index in [1.807, 2.05) is 19.9 Å². The molecule has 0 atom stereocenters. The van der Waals surface area contributed by atoms with Gasteiger partial charge >= 0.3 is 0 Å². The molecular weight excluding hydrogens is 286 g/mol. The van der Waals surface area contributed by atoms with Crippen molar-refractivity contribution in [3.8, 4) is 6.07 Å². The SMILES string of the molecule is CCN(CC(C)(C)CN)S(=O)(=O)c1ccc(C#N)c(C)c1. The van der Waals surface area contributed by atoms with Gasteiger partial charge in [0.05, 0.1) is 16.5 Å². The number of aryl methyl sites for hydroxylation is 1. The van der Waals surface area contributed by atoms with Crippen molar-refractivity contribution >= 4 is 10.0 Å². The lowest BCUT2D eigenvalue weighted by molar-refractivity contribution is 0.273. The monoisotopic (exact) mass is 309 g/mol. The van der Waals surface area contributed by atoms with Crippen molar-refractivity contribution in [1.82, 2.24) is 4.31 Å². The Bertz CT molecular complexity index is 645. The number of nitrogens with two attached hydrogens (primary N) is 1. The van der Waals surface area contributed by atoms with E-state index in [2.05, 4.69) is 0 Å². The first-order valence-electron chi connectivity index (χ1n) is 6.89. The molecule has 0 unspecified atom stereocenters. The van der Waals surface area contributed by atoms with Crippen LogP contribution in [0.5, 0.6) is 0 Å². The summed E-state index contributed by atoms with van der Waals surface area (Å²) in [5, 5.41) is 8.93. The average Bonchev–Trinajstić information content (AvgIpc) is 2.44. The van der Waals surface area contributed by atoms with E-state index in [0.717, 1.165) is 0 Å². The summed E-state index contributed by atoms with van der Waals surface area (Å²) in [6, 6.07) is 6.62. The standard InChI is InChI=1S/C15H23N3O2S/c1-5-18(11-15(3,4)10-17)21(19,20)14-7-6-13(9-16)12(2)8-14/h6-8H,5,10-11,17H2,1-4H3. The van der Waals surface area contributed by atoms with E-state index in [4.69, 9.17) is 11.0 Å². The molecule has 5 nitrogen and oxygen atoms in total. The van der Waals surface area contributed by atoms with Crippen molar-refractivity contribution in [2.24, 2.45) is 11.1 Å². The summed E-state index contributed by atoms with van der Waals surface area (Å²) in [7, 11) is -3.57. The van der Waals surface area contributed by atoms with Gasteiger partial charge in [-0.15, -0.1) is 0 Å². The molecule has 0 saturated carbocycles. The van der Waals surface area contributed by atoms with Gasteiger partial charge in [-0.3, -0.25) is 0 Å². The molecule has 1 rings (SSSR count). The van der Waals surface area contributed by atoms with Gasteiger partial charge in [0.25, 0.3) is 0 Å². The van der Waals surface area contributed by atoms with Gasteiger partial charge in [-0.1, -0.05) is 20.8 Å². The zero-order valence-electron chi connectivity index (χ0n) is 13.0. The Hall–Kier alpha value is -1.42. The van der Waals surface area contributed by atoms with E-state index in [1.54, 1.807) is 26.0 Å². The highest BCUT2D eigenvalue weighted by Crippen LogP contribution is 2.23. The lowest BCUT2D eigenvalue weighted by Gasteiger charge is -2.30. The minimum atomic E-state index is -3.57. The Morgan fingerprint density at radius 2 is 2.00 bits per heavy atom. The van der Waals surface area contributed by atoms with Gasteiger partial charge in [-0.05, 0) is 42.6 Å². The average molecular weight is 309 g/mol. The third kappa shape index (κ3) is 4.03. The molecule has 0 spiro atoms. The van der Waals surface area contributed by atoms with Gasteiger partial charge in [0.2, 0.25) is 10.0 Å². The lowest BCUT2D eigenvalue weighted by atomic mass is 9.94. The molecule has 0 saturated heterocycles. The molecule has 2 N–H and O–H groups in total. The van der Waals surface area contributed by atoms with Gasteiger partial charge in [0, 0.05) is 13.1 Å². The minimum absolute atomic E-state index is 0.216. The molecule has 1 aromatic rings. The zero-order chi connectivity index (χ0) is 16.3. The molecule has 0 aliphatic carbocycles. The second kappa shape index (κ2) is 6.56. The molecule has 0 amide bonds. The summed E-state index contributed by atoms with van der Waals surface area (Å²) < 4.78 is 26.9. The Morgan fingerprint density at radius 1 is 1.38 bits per heavy atom. The summed E-state index contributed by atoms with van der Waals surface area (Å²) in [4.78, 5) is 0.216.